The lowest BCUT2D eigenvalue weighted by Crippen LogP contribution is -2.71. The quantitative estimate of drug-likeness (QED) is 0.232. The number of hydrogen-bond acceptors (Lipinski definition) is 18. The fraction of sp³-hybridized carbons (Fsp3) is 0.714. The molecule has 10 rings (SSSR count). The molecule has 7 aliphatic heterocycles. The predicted molar refractivity (Wildman–Crippen MR) is 200 cm³/mol. The summed E-state index contributed by atoms with van der Waals surface area (Å²) in [5.41, 5.74) is -2.97. The zero-order valence-electron chi connectivity index (χ0n) is 34.8. The van der Waals surface area contributed by atoms with Crippen LogP contribution < -0.4 is 9.47 Å². The number of benzene rings is 2. The lowest BCUT2D eigenvalue weighted by atomic mass is 9.76. The number of epoxide rings is 1. The Kier molecular flexibility index (Phi) is 8.86. The predicted octanol–water partition coefficient (Wildman–Crippen LogP) is 3.25. The van der Waals surface area contributed by atoms with Gasteiger partial charge in [-0.05, 0) is 53.2 Å². The molecule has 6 fully saturated rings. The van der Waals surface area contributed by atoms with Gasteiger partial charge in [0.1, 0.15) is 53.9 Å². The molecule has 7 heterocycles. The van der Waals surface area contributed by atoms with Crippen molar-refractivity contribution in [3.63, 3.8) is 0 Å². The summed E-state index contributed by atoms with van der Waals surface area (Å²) < 4.78 is 75.7. The molecular weight excluding hydrogens is 792 g/mol. The molecule has 0 radical (unpaired) electrons. The van der Waals surface area contributed by atoms with Gasteiger partial charge in [-0.1, -0.05) is 6.92 Å². The van der Waals surface area contributed by atoms with Crippen molar-refractivity contribution in [1.82, 2.24) is 0 Å². The van der Waals surface area contributed by atoms with Gasteiger partial charge in [0.15, 0.2) is 24.5 Å². The summed E-state index contributed by atoms with van der Waals surface area (Å²) in [4.78, 5) is 26.3. The number of ketones is 1. The van der Waals surface area contributed by atoms with E-state index in [2.05, 4.69) is 0 Å². The van der Waals surface area contributed by atoms with Crippen molar-refractivity contribution < 1.29 is 86.9 Å². The molecule has 2 aromatic rings. The van der Waals surface area contributed by atoms with E-state index in [1.54, 1.807) is 33.8 Å². The zero-order chi connectivity index (χ0) is 42.8. The largest absolute Gasteiger partial charge is 0.509 e. The van der Waals surface area contributed by atoms with Crippen molar-refractivity contribution in [1.29, 1.82) is 0 Å². The minimum atomic E-state index is -1.88. The molecule has 17 atom stereocenters. The number of rotatable bonds is 7. The van der Waals surface area contributed by atoms with Crippen LogP contribution in [0.5, 0.6) is 17.2 Å². The molecule has 0 aromatic heterocycles. The summed E-state index contributed by atoms with van der Waals surface area (Å²) >= 11 is 0. The first kappa shape index (κ1) is 40.7. The maximum absolute atomic E-state index is 14.1. The second kappa shape index (κ2) is 13.1. The van der Waals surface area contributed by atoms with Gasteiger partial charge in [-0.25, -0.2) is 4.79 Å². The van der Waals surface area contributed by atoms with Crippen LogP contribution in [0.15, 0.2) is 6.07 Å². The number of aryl methyl sites for hydroxylation is 1. The van der Waals surface area contributed by atoms with Crippen LogP contribution in [-0.4, -0.2) is 137 Å². The van der Waals surface area contributed by atoms with E-state index < -0.39 is 107 Å². The number of Topliss-reactive ketones (excluding diaryl/α,β-unsaturated/α-hetero) is 1. The van der Waals surface area contributed by atoms with Gasteiger partial charge in [0.25, 0.3) is 5.79 Å². The standard InChI is InChI=1S/C42H52O18/c1-15-10-21-28(32(46)30-29(33(21)50-9)23(11-22(43)31(30)45)55-26-13-38(7,48)16(2)17(3)52-26)34-27(15)35-36-42(57-34,39(14-51-39)41(58-35,59-36)20(6)49-8)56-25-12-24(44)40(18(4)53-25)19(5)54-37(47)60-40/h10,16-20,22-26,35-36,43-44,46,48H,11-14H2,1-9H3/t16?,17?,18?,19-,20+,22+,23+,24?,25?,26?,35?,36?,38?,39-,40?,41?,42-/m1/s1. The maximum Gasteiger partial charge on any atom is 0.509 e. The van der Waals surface area contributed by atoms with Gasteiger partial charge in [0.2, 0.25) is 17.0 Å². The van der Waals surface area contributed by atoms with Crippen molar-refractivity contribution in [2.24, 2.45) is 5.92 Å². The first-order valence-electron chi connectivity index (χ1n) is 20.6. The molecule has 328 valence electrons. The number of fused-ring (bicyclic) bond motifs is 8. The normalized spacial score (nSPS) is 46.6. The van der Waals surface area contributed by atoms with E-state index in [1.165, 1.54) is 14.2 Å². The molecule has 11 unspecified atom stereocenters. The third-order valence-electron chi connectivity index (χ3n) is 14.9. The van der Waals surface area contributed by atoms with E-state index >= 15 is 0 Å². The van der Waals surface area contributed by atoms with Gasteiger partial charge in [0, 0.05) is 48.8 Å². The molecule has 8 aliphatic rings. The minimum Gasteiger partial charge on any atom is -0.506 e. The van der Waals surface area contributed by atoms with E-state index in [-0.39, 0.29) is 65.9 Å². The van der Waals surface area contributed by atoms with Gasteiger partial charge in [-0.3, -0.25) is 4.79 Å². The molecule has 2 spiro atoms. The van der Waals surface area contributed by atoms with Crippen molar-refractivity contribution in [3.8, 4) is 17.2 Å². The number of phenols is 1. The lowest BCUT2D eigenvalue weighted by molar-refractivity contribution is -0.377. The maximum atomic E-state index is 14.1. The minimum absolute atomic E-state index is 0.0299. The van der Waals surface area contributed by atoms with Crippen LogP contribution in [0.2, 0.25) is 0 Å². The van der Waals surface area contributed by atoms with Gasteiger partial charge in [-0.2, -0.15) is 0 Å². The fourth-order valence-corrected chi connectivity index (χ4v) is 11.2. The Morgan fingerprint density at radius 1 is 0.967 bits per heavy atom. The van der Waals surface area contributed by atoms with Crippen LogP contribution in [0.1, 0.15) is 100 Å². The highest BCUT2D eigenvalue weighted by Gasteiger charge is 2.93. The monoisotopic (exact) mass is 844 g/mol. The molecule has 0 saturated carbocycles. The van der Waals surface area contributed by atoms with E-state index in [1.807, 2.05) is 20.8 Å². The van der Waals surface area contributed by atoms with Crippen LogP contribution in [0, 0.1) is 12.8 Å². The molecule has 2 aromatic carbocycles. The molecular formula is C42H52O18. The van der Waals surface area contributed by atoms with Crippen molar-refractivity contribution in [2.45, 2.75) is 164 Å². The average molecular weight is 845 g/mol. The zero-order valence-corrected chi connectivity index (χ0v) is 34.8. The number of aliphatic hydroxyl groups excluding tert-OH is 2. The number of aromatic hydroxyl groups is 1. The van der Waals surface area contributed by atoms with E-state index in [4.69, 9.17) is 56.8 Å². The Bertz CT molecular complexity index is 2160. The number of phenolic OH excluding ortho intramolecular Hbond substituents is 1. The molecule has 6 saturated heterocycles. The Labute approximate surface area is 345 Å². The van der Waals surface area contributed by atoms with Gasteiger partial charge in [-0.15, -0.1) is 0 Å². The smallest absolute Gasteiger partial charge is 0.506 e. The van der Waals surface area contributed by atoms with Crippen LogP contribution in [0.3, 0.4) is 0 Å². The molecule has 60 heavy (non-hydrogen) atoms. The number of carbonyl (C=O) groups is 2. The topological polar surface area (TPSA) is 229 Å². The van der Waals surface area contributed by atoms with Crippen LogP contribution in [0.4, 0.5) is 4.79 Å². The van der Waals surface area contributed by atoms with Gasteiger partial charge >= 0.3 is 6.16 Å². The molecule has 4 N–H and O–H groups in total. The van der Waals surface area contributed by atoms with Crippen LogP contribution in [-0.2, 0) is 47.4 Å². The first-order valence-corrected chi connectivity index (χ1v) is 20.6. The molecule has 0 amide bonds. The fourth-order valence-electron chi connectivity index (χ4n) is 11.2. The number of ether oxygens (including phenoxy) is 12. The SMILES string of the molecule is COc1c2c(c(O)c3c4c(c(C)cc13)C1OC3([C@H](C)OC)OC1[C@@](OC1CC(O)C5(OC(=O)O[C@@H]5C)C(C)O1)(O4)[C@@]31CO1)C(=O)[C@@H](O)C[C@@H]2OC1CC(C)(O)C(C)C(C)O1. The Hall–Kier alpha value is -3.40. The van der Waals surface area contributed by atoms with E-state index in [9.17, 15) is 30.0 Å². The summed E-state index contributed by atoms with van der Waals surface area (Å²) in [5, 5.41) is 46.9. The van der Waals surface area contributed by atoms with Gasteiger partial charge < -0.3 is 77.3 Å². The second-order valence-electron chi connectivity index (χ2n) is 17.9. The molecule has 18 nitrogen and oxygen atoms in total. The summed E-state index contributed by atoms with van der Waals surface area (Å²) in [6.45, 7) is 12.3. The summed E-state index contributed by atoms with van der Waals surface area (Å²) in [5.74, 6) is -4.62. The number of methoxy groups -OCH3 is 2. The van der Waals surface area contributed by atoms with Crippen molar-refractivity contribution in [2.75, 3.05) is 20.8 Å². The van der Waals surface area contributed by atoms with Gasteiger partial charge in [0.05, 0.1) is 42.5 Å². The van der Waals surface area contributed by atoms with Crippen LogP contribution >= 0.6 is 0 Å². The molecule has 1 aliphatic carbocycles. The lowest BCUT2D eigenvalue weighted by Gasteiger charge is -2.52. The highest BCUT2D eigenvalue weighted by Crippen LogP contribution is 2.72. The number of cyclic esters (lactones) is 1. The second-order valence-corrected chi connectivity index (χ2v) is 17.9. The molecule has 2 bridgehead atoms. The Morgan fingerprint density at radius 3 is 2.32 bits per heavy atom. The van der Waals surface area contributed by atoms with Crippen molar-refractivity contribution >= 4 is 22.7 Å². The summed E-state index contributed by atoms with van der Waals surface area (Å²) in [6, 6.07) is 1.79. The molecule has 18 heteroatoms. The average Bonchev–Trinajstić information content (AvgIpc) is 3.73. The highest BCUT2D eigenvalue weighted by atomic mass is 16.9. The number of aliphatic hydroxyl groups is 3. The number of hydrogen-bond donors (Lipinski definition) is 4. The van der Waals surface area contributed by atoms with E-state index in [0.29, 0.717) is 16.5 Å². The summed E-state index contributed by atoms with van der Waals surface area (Å²) in [6.07, 6.45) is -11.9. The third-order valence-corrected chi connectivity index (χ3v) is 14.9. The van der Waals surface area contributed by atoms with Crippen LogP contribution in [0.25, 0.3) is 10.8 Å². The van der Waals surface area contributed by atoms with Crippen molar-refractivity contribution in [3.05, 3.63) is 28.3 Å². The Morgan fingerprint density at radius 2 is 1.70 bits per heavy atom. The Balaban J connectivity index is 1.12. The third kappa shape index (κ3) is 4.97. The highest BCUT2D eigenvalue weighted by molar-refractivity contribution is 6.13. The first-order chi connectivity index (χ1) is 28.3. The summed E-state index contributed by atoms with van der Waals surface area (Å²) in [7, 11) is 2.94. The van der Waals surface area contributed by atoms with E-state index in [0.717, 1.165) is 0 Å². The number of carbonyl (C=O) groups excluding carboxylic acids is 2.